The topological polar surface area (TPSA) is 33.2 Å². The molecule has 20 heavy (non-hydrogen) atoms. The van der Waals surface area contributed by atoms with Crippen molar-refractivity contribution in [2.75, 3.05) is 7.05 Å². The fourth-order valence-electron chi connectivity index (χ4n) is 2.00. The lowest BCUT2D eigenvalue weighted by atomic mass is 10.0. The van der Waals surface area contributed by atoms with Gasteiger partial charge in [-0.1, -0.05) is 23.7 Å². The number of Topliss-reactive ketones (excluding diaryl/α,β-unsaturated/α-hetero) is 1. The van der Waals surface area contributed by atoms with E-state index in [1.807, 2.05) is 31.0 Å². The van der Waals surface area contributed by atoms with Crippen LogP contribution in [-0.2, 0) is 6.54 Å². The van der Waals surface area contributed by atoms with Crippen molar-refractivity contribution >= 4 is 17.4 Å². The molecule has 104 valence electrons. The summed E-state index contributed by atoms with van der Waals surface area (Å²) in [4.78, 5) is 18.4. The van der Waals surface area contributed by atoms with E-state index < -0.39 is 0 Å². The number of aromatic nitrogens is 1. The van der Waals surface area contributed by atoms with Crippen molar-refractivity contribution < 1.29 is 4.79 Å². The Labute approximate surface area is 124 Å². The Morgan fingerprint density at radius 3 is 2.65 bits per heavy atom. The van der Waals surface area contributed by atoms with Crippen LogP contribution in [-0.4, -0.2) is 28.8 Å². The SMILES string of the molecule is CC(C(=O)c1cccc(Cl)c1)N(C)Cc1ccncc1. The molecular formula is C16H17ClN2O. The first kappa shape index (κ1) is 14.7. The van der Waals surface area contributed by atoms with E-state index in [4.69, 9.17) is 11.6 Å². The average Bonchev–Trinajstić information content (AvgIpc) is 2.46. The fourth-order valence-corrected chi connectivity index (χ4v) is 2.19. The summed E-state index contributed by atoms with van der Waals surface area (Å²) < 4.78 is 0. The van der Waals surface area contributed by atoms with Crippen molar-refractivity contribution in [3.05, 3.63) is 64.9 Å². The van der Waals surface area contributed by atoms with Crippen LogP contribution in [0.3, 0.4) is 0 Å². The van der Waals surface area contributed by atoms with Crippen LogP contribution < -0.4 is 0 Å². The van der Waals surface area contributed by atoms with E-state index in [0.29, 0.717) is 17.1 Å². The number of pyridine rings is 1. The molecular weight excluding hydrogens is 272 g/mol. The first-order chi connectivity index (χ1) is 9.58. The molecule has 0 saturated carbocycles. The standard InChI is InChI=1S/C16H17ClN2O/c1-12(16(20)14-4-3-5-15(17)10-14)19(2)11-13-6-8-18-9-7-13/h3-10,12H,11H2,1-2H3. The van der Waals surface area contributed by atoms with E-state index in [9.17, 15) is 4.79 Å². The normalized spacial score (nSPS) is 12.4. The first-order valence-electron chi connectivity index (χ1n) is 6.47. The highest BCUT2D eigenvalue weighted by Gasteiger charge is 2.19. The van der Waals surface area contributed by atoms with E-state index in [0.717, 1.165) is 5.56 Å². The van der Waals surface area contributed by atoms with E-state index in [2.05, 4.69) is 4.98 Å². The Balaban J connectivity index is 2.06. The zero-order chi connectivity index (χ0) is 14.5. The van der Waals surface area contributed by atoms with Crippen molar-refractivity contribution in [2.45, 2.75) is 19.5 Å². The second kappa shape index (κ2) is 6.64. The van der Waals surface area contributed by atoms with Crippen molar-refractivity contribution in [1.82, 2.24) is 9.88 Å². The third-order valence-corrected chi connectivity index (χ3v) is 3.57. The van der Waals surface area contributed by atoms with Crippen LogP contribution in [0, 0.1) is 0 Å². The molecule has 3 nitrogen and oxygen atoms in total. The Morgan fingerprint density at radius 1 is 1.30 bits per heavy atom. The van der Waals surface area contributed by atoms with Gasteiger partial charge in [-0.15, -0.1) is 0 Å². The van der Waals surface area contributed by atoms with Gasteiger partial charge in [0.15, 0.2) is 5.78 Å². The van der Waals surface area contributed by atoms with Gasteiger partial charge in [0, 0.05) is 29.5 Å². The molecule has 2 rings (SSSR count). The second-order valence-electron chi connectivity index (χ2n) is 4.82. The number of nitrogens with zero attached hydrogens (tertiary/aromatic N) is 2. The van der Waals surface area contributed by atoms with E-state index in [1.54, 1.807) is 36.7 Å². The highest BCUT2D eigenvalue weighted by atomic mass is 35.5. The summed E-state index contributed by atoms with van der Waals surface area (Å²) in [7, 11) is 1.94. The maximum atomic E-state index is 12.4. The second-order valence-corrected chi connectivity index (χ2v) is 5.26. The number of hydrogen-bond acceptors (Lipinski definition) is 3. The number of likely N-dealkylation sites (N-methyl/N-ethyl adjacent to an activating group) is 1. The number of halogens is 1. The quantitative estimate of drug-likeness (QED) is 0.790. The maximum absolute atomic E-state index is 12.4. The zero-order valence-electron chi connectivity index (χ0n) is 11.6. The smallest absolute Gasteiger partial charge is 0.179 e. The predicted molar refractivity (Wildman–Crippen MR) is 80.9 cm³/mol. The highest BCUT2D eigenvalue weighted by molar-refractivity contribution is 6.31. The highest BCUT2D eigenvalue weighted by Crippen LogP contribution is 2.15. The monoisotopic (exact) mass is 288 g/mol. The summed E-state index contributed by atoms with van der Waals surface area (Å²) in [5.74, 6) is 0.0732. The van der Waals surface area contributed by atoms with Crippen LogP contribution in [0.4, 0.5) is 0 Å². The summed E-state index contributed by atoms with van der Waals surface area (Å²) in [6.45, 7) is 2.61. The van der Waals surface area contributed by atoms with Crippen LogP contribution in [0.25, 0.3) is 0 Å². The van der Waals surface area contributed by atoms with E-state index >= 15 is 0 Å². The number of hydrogen-bond donors (Lipinski definition) is 0. The third-order valence-electron chi connectivity index (χ3n) is 3.33. The van der Waals surface area contributed by atoms with Crippen LogP contribution in [0.2, 0.25) is 5.02 Å². The summed E-state index contributed by atoms with van der Waals surface area (Å²) in [6, 6.07) is 10.8. The summed E-state index contributed by atoms with van der Waals surface area (Å²) in [5.41, 5.74) is 1.78. The van der Waals surface area contributed by atoms with Gasteiger partial charge in [0.2, 0.25) is 0 Å². The van der Waals surface area contributed by atoms with Crippen molar-refractivity contribution in [3.8, 4) is 0 Å². The lowest BCUT2D eigenvalue weighted by molar-refractivity contribution is 0.0862. The molecule has 0 bridgehead atoms. The van der Waals surface area contributed by atoms with E-state index in [1.165, 1.54) is 0 Å². The van der Waals surface area contributed by atoms with Crippen LogP contribution in [0.5, 0.6) is 0 Å². The Hall–Kier alpha value is -1.71. The molecule has 0 aliphatic rings. The molecule has 0 fully saturated rings. The maximum Gasteiger partial charge on any atom is 0.179 e. The Morgan fingerprint density at radius 2 is 2.00 bits per heavy atom. The first-order valence-corrected chi connectivity index (χ1v) is 6.84. The Kier molecular flexibility index (Phi) is 4.88. The van der Waals surface area contributed by atoms with Gasteiger partial charge in [0.1, 0.15) is 0 Å². The van der Waals surface area contributed by atoms with Gasteiger partial charge in [0.25, 0.3) is 0 Å². The molecule has 0 spiro atoms. The molecule has 2 aromatic rings. The number of benzene rings is 1. The summed E-state index contributed by atoms with van der Waals surface area (Å²) in [5, 5.41) is 0.583. The molecule has 0 aliphatic heterocycles. The number of carbonyl (C=O) groups is 1. The lowest BCUT2D eigenvalue weighted by Gasteiger charge is -2.23. The Bertz CT molecular complexity index is 586. The minimum absolute atomic E-state index is 0.0732. The summed E-state index contributed by atoms with van der Waals surface area (Å²) in [6.07, 6.45) is 3.51. The van der Waals surface area contributed by atoms with Crippen LogP contribution >= 0.6 is 11.6 Å². The molecule has 1 aromatic heterocycles. The molecule has 0 N–H and O–H groups in total. The van der Waals surface area contributed by atoms with Crippen molar-refractivity contribution in [2.24, 2.45) is 0 Å². The summed E-state index contributed by atoms with van der Waals surface area (Å²) >= 11 is 5.93. The predicted octanol–water partition coefficient (Wildman–Crippen LogP) is 3.44. The number of carbonyl (C=O) groups excluding carboxylic acids is 1. The molecule has 4 heteroatoms. The van der Waals surface area contributed by atoms with Crippen molar-refractivity contribution in [3.63, 3.8) is 0 Å². The molecule has 0 saturated heterocycles. The molecule has 0 aliphatic carbocycles. The molecule has 1 heterocycles. The zero-order valence-corrected chi connectivity index (χ0v) is 12.3. The minimum Gasteiger partial charge on any atom is -0.292 e. The lowest BCUT2D eigenvalue weighted by Crippen LogP contribution is -2.35. The average molecular weight is 289 g/mol. The van der Waals surface area contributed by atoms with Gasteiger partial charge in [-0.3, -0.25) is 14.7 Å². The minimum atomic E-state index is -0.207. The molecule has 1 unspecified atom stereocenters. The molecule has 1 atom stereocenters. The van der Waals surface area contributed by atoms with Gasteiger partial charge in [0.05, 0.1) is 6.04 Å². The number of rotatable bonds is 5. The fraction of sp³-hybridized carbons (Fsp3) is 0.250. The third kappa shape index (κ3) is 3.65. The molecule has 0 radical (unpaired) electrons. The van der Waals surface area contributed by atoms with Gasteiger partial charge < -0.3 is 0 Å². The van der Waals surface area contributed by atoms with E-state index in [-0.39, 0.29) is 11.8 Å². The van der Waals surface area contributed by atoms with Gasteiger partial charge in [-0.25, -0.2) is 0 Å². The van der Waals surface area contributed by atoms with Crippen molar-refractivity contribution in [1.29, 1.82) is 0 Å². The van der Waals surface area contributed by atoms with Gasteiger partial charge in [-0.05, 0) is 43.8 Å². The molecule has 0 amide bonds. The molecule has 1 aromatic carbocycles. The van der Waals surface area contributed by atoms with Gasteiger partial charge in [-0.2, -0.15) is 0 Å². The van der Waals surface area contributed by atoms with Gasteiger partial charge >= 0.3 is 0 Å². The number of ketones is 1. The van der Waals surface area contributed by atoms with Crippen LogP contribution in [0.15, 0.2) is 48.8 Å². The largest absolute Gasteiger partial charge is 0.292 e. The van der Waals surface area contributed by atoms with Crippen LogP contribution in [0.1, 0.15) is 22.8 Å².